The largest absolute Gasteiger partial charge is 0.374 e. The van der Waals surface area contributed by atoms with Crippen molar-refractivity contribution in [2.24, 2.45) is 11.7 Å². The molecular formula is C15H24N2. The van der Waals surface area contributed by atoms with E-state index in [0.717, 1.165) is 6.54 Å². The van der Waals surface area contributed by atoms with Crippen molar-refractivity contribution in [2.45, 2.75) is 38.1 Å². The van der Waals surface area contributed by atoms with Crippen molar-refractivity contribution in [1.82, 2.24) is 0 Å². The molecule has 2 atom stereocenters. The lowest BCUT2D eigenvalue weighted by Gasteiger charge is -2.28. The Morgan fingerprint density at radius 2 is 1.82 bits per heavy atom. The van der Waals surface area contributed by atoms with E-state index in [-0.39, 0.29) is 0 Å². The molecule has 0 radical (unpaired) electrons. The molecule has 1 aromatic carbocycles. The van der Waals surface area contributed by atoms with Gasteiger partial charge in [-0.1, -0.05) is 37.5 Å². The van der Waals surface area contributed by atoms with Gasteiger partial charge in [0.05, 0.1) is 0 Å². The van der Waals surface area contributed by atoms with E-state index in [0.29, 0.717) is 12.0 Å². The Bertz CT molecular complexity index is 323. The quantitative estimate of drug-likeness (QED) is 0.812. The van der Waals surface area contributed by atoms with Gasteiger partial charge in [0.1, 0.15) is 0 Å². The summed E-state index contributed by atoms with van der Waals surface area (Å²) in [5.41, 5.74) is 7.57. The predicted molar refractivity (Wildman–Crippen MR) is 74.3 cm³/mol. The van der Waals surface area contributed by atoms with Crippen LogP contribution in [0, 0.1) is 5.92 Å². The fourth-order valence-electron chi connectivity index (χ4n) is 2.78. The van der Waals surface area contributed by atoms with Gasteiger partial charge in [-0.05, 0) is 30.9 Å². The molecule has 1 aromatic rings. The first kappa shape index (κ1) is 12.4. The molecule has 2 unspecified atom stereocenters. The van der Waals surface area contributed by atoms with E-state index in [1.807, 2.05) is 0 Å². The fourth-order valence-corrected chi connectivity index (χ4v) is 2.78. The molecule has 0 heterocycles. The summed E-state index contributed by atoms with van der Waals surface area (Å²) in [7, 11) is 2.17. The molecule has 1 saturated carbocycles. The number of hydrogen-bond donors (Lipinski definition) is 1. The number of nitrogens with two attached hydrogens (primary N) is 1. The molecule has 1 fully saturated rings. The minimum absolute atomic E-state index is 0.392. The number of benzene rings is 1. The highest BCUT2D eigenvalue weighted by atomic mass is 15.1. The lowest BCUT2D eigenvalue weighted by Crippen LogP contribution is -2.37. The van der Waals surface area contributed by atoms with Gasteiger partial charge in [0.25, 0.3) is 0 Å². The molecule has 2 rings (SSSR count). The minimum atomic E-state index is 0.392. The number of para-hydroxylation sites is 1. The second-order valence-electron chi connectivity index (χ2n) is 5.28. The zero-order chi connectivity index (χ0) is 12.1. The van der Waals surface area contributed by atoms with Crippen LogP contribution in [0.4, 0.5) is 5.69 Å². The Kier molecular flexibility index (Phi) is 4.43. The zero-order valence-electron chi connectivity index (χ0n) is 10.8. The van der Waals surface area contributed by atoms with Crippen molar-refractivity contribution >= 4 is 5.69 Å². The SMILES string of the molecule is CN(CC1CCCCCC1N)c1ccccc1. The summed E-state index contributed by atoms with van der Waals surface area (Å²) in [5, 5.41) is 0. The monoisotopic (exact) mass is 232 g/mol. The van der Waals surface area contributed by atoms with Crippen molar-refractivity contribution in [3.05, 3.63) is 30.3 Å². The Morgan fingerprint density at radius 1 is 1.12 bits per heavy atom. The highest BCUT2D eigenvalue weighted by Crippen LogP contribution is 2.24. The average molecular weight is 232 g/mol. The molecule has 0 saturated heterocycles. The third kappa shape index (κ3) is 3.47. The van der Waals surface area contributed by atoms with E-state index in [1.54, 1.807) is 0 Å². The van der Waals surface area contributed by atoms with E-state index in [2.05, 4.69) is 42.3 Å². The van der Waals surface area contributed by atoms with Crippen LogP contribution in [0.25, 0.3) is 0 Å². The molecule has 0 bridgehead atoms. The lowest BCUT2D eigenvalue weighted by atomic mass is 9.95. The van der Waals surface area contributed by atoms with Crippen LogP contribution in [-0.2, 0) is 0 Å². The Hall–Kier alpha value is -1.02. The maximum Gasteiger partial charge on any atom is 0.0363 e. The number of rotatable bonds is 3. The summed E-state index contributed by atoms with van der Waals surface area (Å²) in [6.07, 6.45) is 6.51. The molecule has 17 heavy (non-hydrogen) atoms. The molecule has 0 aromatic heterocycles. The summed E-state index contributed by atoms with van der Waals surface area (Å²) in [4.78, 5) is 2.34. The Morgan fingerprint density at radius 3 is 2.59 bits per heavy atom. The van der Waals surface area contributed by atoms with Gasteiger partial charge < -0.3 is 10.6 Å². The van der Waals surface area contributed by atoms with Gasteiger partial charge in [-0.15, -0.1) is 0 Å². The molecule has 1 aliphatic carbocycles. The summed E-state index contributed by atoms with van der Waals surface area (Å²) < 4.78 is 0. The fraction of sp³-hybridized carbons (Fsp3) is 0.600. The van der Waals surface area contributed by atoms with Crippen LogP contribution in [0.1, 0.15) is 32.1 Å². The van der Waals surface area contributed by atoms with Gasteiger partial charge in [-0.25, -0.2) is 0 Å². The maximum absolute atomic E-state index is 6.28. The van der Waals surface area contributed by atoms with E-state index < -0.39 is 0 Å². The zero-order valence-corrected chi connectivity index (χ0v) is 10.8. The number of anilines is 1. The van der Waals surface area contributed by atoms with Crippen LogP contribution < -0.4 is 10.6 Å². The molecule has 94 valence electrons. The van der Waals surface area contributed by atoms with E-state index in [1.165, 1.54) is 37.8 Å². The van der Waals surface area contributed by atoms with Crippen LogP contribution in [0.15, 0.2) is 30.3 Å². The molecule has 2 heteroatoms. The standard InChI is InChI=1S/C15H24N2/c1-17(14-9-5-3-6-10-14)12-13-8-4-2-7-11-15(13)16/h3,5-6,9-10,13,15H,2,4,7-8,11-12,16H2,1H3. The lowest BCUT2D eigenvalue weighted by molar-refractivity contribution is 0.401. The molecule has 1 aliphatic rings. The molecule has 2 nitrogen and oxygen atoms in total. The van der Waals surface area contributed by atoms with Crippen molar-refractivity contribution in [3.63, 3.8) is 0 Å². The van der Waals surface area contributed by atoms with E-state index >= 15 is 0 Å². The van der Waals surface area contributed by atoms with Crippen LogP contribution in [0.3, 0.4) is 0 Å². The minimum Gasteiger partial charge on any atom is -0.374 e. The Labute approximate surface area is 105 Å². The van der Waals surface area contributed by atoms with Crippen LogP contribution in [0.2, 0.25) is 0 Å². The van der Waals surface area contributed by atoms with Crippen molar-refractivity contribution < 1.29 is 0 Å². The molecule has 0 amide bonds. The topological polar surface area (TPSA) is 29.3 Å². The highest BCUT2D eigenvalue weighted by molar-refractivity contribution is 5.45. The number of hydrogen-bond acceptors (Lipinski definition) is 2. The first-order valence-electron chi connectivity index (χ1n) is 6.79. The van der Waals surface area contributed by atoms with E-state index in [4.69, 9.17) is 5.73 Å². The normalized spacial score (nSPS) is 25.3. The third-order valence-electron chi connectivity index (χ3n) is 3.92. The smallest absolute Gasteiger partial charge is 0.0363 e. The average Bonchev–Trinajstić information content (AvgIpc) is 2.56. The second-order valence-corrected chi connectivity index (χ2v) is 5.28. The third-order valence-corrected chi connectivity index (χ3v) is 3.92. The molecule has 0 aliphatic heterocycles. The van der Waals surface area contributed by atoms with Crippen LogP contribution in [-0.4, -0.2) is 19.6 Å². The summed E-state index contributed by atoms with van der Waals surface area (Å²) in [5.74, 6) is 0.655. The van der Waals surface area contributed by atoms with Crippen molar-refractivity contribution in [3.8, 4) is 0 Å². The number of nitrogens with zero attached hydrogens (tertiary/aromatic N) is 1. The van der Waals surface area contributed by atoms with Gasteiger partial charge in [0, 0.05) is 25.3 Å². The van der Waals surface area contributed by atoms with Crippen molar-refractivity contribution in [1.29, 1.82) is 0 Å². The molecular weight excluding hydrogens is 208 g/mol. The summed E-state index contributed by atoms with van der Waals surface area (Å²) in [6, 6.07) is 11.0. The predicted octanol–water partition coefficient (Wildman–Crippen LogP) is 3.03. The second kappa shape index (κ2) is 6.06. The summed E-state index contributed by atoms with van der Waals surface area (Å²) in [6.45, 7) is 1.09. The van der Waals surface area contributed by atoms with E-state index in [9.17, 15) is 0 Å². The maximum atomic E-state index is 6.28. The van der Waals surface area contributed by atoms with Gasteiger partial charge in [0.2, 0.25) is 0 Å². The van der Waals surface area contributed by atoms with Crippen LogP contribution in [0.5, 0.6) is 0 Å². The first-order chi connectivity index (χ1) is 8.27. The van der Waals surface area contributed by atoms with Gasteiger partial charge in [0.15, 0.2) is 0 Å². The molecule has 0 spiro atoms. The van der Waals surface area contributed by atoms with Crippen molar-refractivity contribution in [2.75, 3.05) is 18.5 Å². The van der Waals surface area contributed by atoms with Crippen LogP contribution >= 0.6 is 0 Å². The first-order valence-corrected chi connectivity index (χ1v) is 6.79. The highest BCUT2D eigenvalue weighted by Gasteiger charge is 2.21. The van der Waals surface area contributed by atoms with Gasteiger partial charge in [-0.2, -0.15) is 0 Å². The van der Waals surface area contributed by atoms with Gasteiger partial charge >= 0.3 is 0 Å². The van der Waals surface area contributed by atoms with Gasteiger partial charge in [-0.3, -0.25) is 0 Å². The Balaban J connectivity index is 1.95. The molecule has 2 N–H and O–H groups in total. The summed E-state index contributed by atoms with van der Waals surface area (Å²) >= 11 is 0.